The highest BCUT2D eigenvalue weighted by Crippen LogP contribution is 2.01. The average Bonchev–Trinajstić information content (AvgIpc) is 2.11. The number of nitrogens with one attached hydrogen (secondary N) is 1. The van der Waals surface area contributed by atoms with Gasteiger partial charge in [-0.1, -0.05) is 27.2 Å². The first-order valence-electron chi connectivity index (χ1n) is 5.26. The highest BCUT2D eigenvalue weighted by atomic mass is 15.5. The minimum absolute atomic E-state index is 0.663. The minimum Gasteiger partial charge on any atom is -0.255 e. The molecular formula is C10H24N2. The van der Waals surface area contributed by atoms with E-state index in [2.05, 4.69) is 38.1 Å². The van der Waals surface area contributed by atoms with Gasteiger partial charge in [-0.25, -0.2) is 5.01 Å². The lowest BCUT2D eigenvalue weighted by Gasteiger charge is -2.28. The molecule has 0 fully saturated rings. The van der Waals surface area contributed by atoms with Gasteiger partial charge in [-0.05, 0) is 19.8 Å². The molecule has 0 aromatic rings. The van der Waals surface area contributed by atoms with Crippen LogP contribution in [0.1, 0.15) is 47.0 Å². The monoisotopic (exact) mass is 172 g/mol. The largest absolute Gasteiger partial charge is 0.255 e. The molecule has 0 aliphatic rings. The molecule has 0 aromatic carbocycles. The highest BCUT2D eigenvalue weighted by Gasteiger charge is 2.08. The van der Waals surface area contributed by atoms with Crippen LogP contribution in [0.15, 0.2) is 0 Å². The van der Waals surface area contributed by atoms with Gasteiger partial charge in [0.2, 0.25) is 0 Å². The van der Waals surface area contributed by atoms with Crippen LogP contribution >= 0.6 is 0 Å². The lowest BCUT2D eigenvalue weighted by molar-refractivity contribution is 0.131. The van der Waals surface area contributed by atoms with E-state index in [4.69, 9.17) is 0 Å². The second kappa shape index (κ2) is 7.56. The van der Waals surface area contributed by atoms with Crippen molar-refractivity contribution in [1.29, 1.82) is 0 Å². The van der Waals surface area contributed by atoms with E-state index in [-0.39, 0.29) is 0 Å². The molecule has 12 heavy (non-hydrogen) atoms. The summed E-state index contributed by atoms with van der Waals surface area (Å²) in [7, 11) is 0. The number of hydrogen-bond acceptors (Lipinski definition) is 2. The van der Waals surface area contributed by atoms with Gasteiger partial charge in [0.05, 0.1) is 0 Å². The lowest BCUT2D eigenvalue weighted by atomic mass is 10.2. The van der Waals surface area contributed by atoms with E-state index >= 15 is 0 Å². The molecular weight excluding hydrogens is 148 g/mol. The molecule has 0 spiro atoms. The number of unbranched alkanes of at least 4 members (excludes halogenated alkanes) is 1. The van der Waals surface area contributed by atoms with Gasteiger partial charge in [0, 0.05) is 19.1 Å². The topological polar surface area (TPSA) is 15.3 Å². The van der Waals surface area contributed by atoms with Crippen LogP contribution in [0.2, 0.25) is 0 Å². The number of hydrogen-bond donors (Lipinski definition) is 1. The summed E-state index contributed by atoms with van der Waals surface area (Å²) in [6.07, 6.45) is 3.78. The zero-order chi connectivity index (χ0) is 9.40. The maximum Gasteiger partial charge on any atom is 0.0212 e. The zero-order valence-corrected chi connectivity index (χ0v) is 9.06. The second-order valence-electron chi connectivity index (χ2n) is 3.32. The van der Waals surface area contributed by atoms with Crippen molar-refractivity contribution in [3.63, 3.8) is 0 Å². The third-order valence-electron chi connectivity index (χ3n) is 2.24. The van der Waals surface area contributed by atoms with Crippen molar-refractivity contribution in [3.05, 3.63) is 0 Å². The summed E-state index contributed by atoms with van der Waals surface area (Å²) in [6, 6.07) is 0.663. The van der Waals surface area contributed by atoms with Gasteiger partial charge in [0.25, 0.3) is 0 Å². The molecule has 1 N–H and O–H groups in total. The van der Waals surface area contributed by atoms with Crippen LogP contribution in [0.25, 0.3) is 0 Å². The third kappa shape index (κ3) is 4.73. The molecule has 0 aliphatic heterocycles. The summed E-state index contributed by atoms with van der Waals surface area (Å²) in [6.45, 7) is 11.1. The van der Waals surface area contributed by atoms with Crippen LogP contribution < -0.4 is 5.43 Å². The molecule has 0 aliphatic carbocycles. The van der Waals surface area contributed by atoms with Crippen molar-refractivity contribution in [2.75, 3.05) is 13.1 Å². The summed E-state index contributed by atoms with van der Waals surface area (Å²) >= 11 is 0. The minimum atomic E-state index is 0.663. The van der Waals surface area contributed by atoms with Crippen LogP contribution in [-0.4, -0.2) is 24.1 Å². The van der Waals surface area contributed by atoms with Crippen LogP contribution in [0.4, 0.5) is 0 Å². The van der Waals surface area contributed by atoms with Crippen molar-refractivity contribution >= 4 is 0 Å². The number of hydrazine groups is 1. The summed E-state index contributed by atoms with van der Waals surface area (Å²) in [4.78, 5) is 0. The van der Waals surface area contributed by atoms with Gasteiger partial charge in [0.1, 0.15) is 0 Å². The fourth-order valence-electron chi connectivity index (χ4n) is 1.21. The van der Waals surface area contributed by atoms with Crippen molar-refractivity contribution in [2.45, 2.75) is 53.0 Å². The van der Waals surface area contributed by atoms with E-state index < -0.39 is 0 Å². The molecule has 1 unspecified atom stereocenters. The molecule has 0 radical (unpaired) electrons. The lowest BCUT2D eigenvalue weighted by Crippen LogP contribution is -2.44. The van der Waals surface area contributed by atoms with Crippen LogP contribution in [-0.2, 0) is 0 Å². The van der Waals surface area contributed by atoms with Crippen LogP contribution in [0.3, 0.4) is 0 Å². The van der Waals surface area contributed by atoms with Crippen molar-refractivity contribution < 1.29 is 0 Å². The first-order chi connectivity index (χ1) is 5.76. The fraction of sp³-hybridized carbons (Fsp3) is 1.00. The Balaban J connectivity index is 3.68. The Kier molecular flexibility index (Phi) is 7.51. The number of nitrogens with zero attached hydrogens (tertiary/aromatic N) is 1. The molecule has 0 bridgehead atoms. The summed E-state index contributed by atoms with van der Waals surface area (Å²) in [5, 5.41) is 2.36. The molecule has 0 heterocycles. The van der Waals surface area contributed by atoms with Crippen LogP contribution in [0, 0.1) is 0 Å². The van der Waals surface area contributed by atoms with Crippen LogP contribution in [0.5, 0.6) is 0 Å². The van der Waals surface area contributed by atoms with E-state index in [9.17, 15) is 0 Å². The predicted molar refractivity (Wildman–Crippen MR) is 55.0 cm³/mol. The zero-order valence-electron chi connectivity index (χ0n) is 9.06. The quantitative estimate of drug-likeness (QED) is 0.593. The summed E-state index contributed by atoms with van der Waals surface area (Å²) in [5.41, 5.74) is 3.40. The molecule has 0 aromatic heterocycles. The van der Waals surface area contributed by atoms with Gasteiger partial charge < -0.3 is 0 Å². The summed E-state index contributed by atoms with van der Waals surface area (Å²) < 4.78 is 0. The maximum absolute atomic E-state index is 3.40. The fourth-order valence-corrected chi connectivity index (χ4v) is 1.21. The van der Waals surface area contributed by atoms with E-state index in [0.29, 0.717) is 6.04 Å². The Labute approximate surface area is 77.3 Å². The van der Waals surface area contributed by atoms with Gasteiger partial charge in [-0.15, -0.1) is 0 Å². The molecule has 0 saturated heterocycles. The van der Waals surface area contributed by atoms with E-state index in [1.165, 1.54) is 25.8 Å². The second-order valence-corrected chi connectivity index (χ2v) is 3.32. The van der Waals surface area contributed by atoms with Gasteiger partial charge in [-0.3, -0.25) is 5.43 Å². The standard InChI is InChI=1S/C10H24N2/c1-5-8-9-12(11-7-3)10(4)6-2/h10-11H,5-9H2,1-4H3. The molecule has 0 amide bonds. The molecule has 2 heteroatoms. The first kappa shape index (κ1) is 11.9. The molecule has 0 saturated carbocycles. The van der Waals surface area contributed by atoms with Gasteiger partial charge in [-0.2, -0.15) is 0 Å². The average molecular weight is 172 g/mol. The van der Waals surface area contributed by atoms with Crippen molar-refractivity contribution in [2.24, 2.45) is 0 Å². The van der Waals surface area contributed by atoms with Gasteiger partial charge >= 0.3 is 0 Å². The van der Waals surface area contributed by atoms with E-state index in [0.717, 1.165) is 6.54 Å². The molecule has 74 valence electrons. The smallest absolute Gasteiger partial charge is 0.0212 e. The highest BCUT2D eigenvalue weighted by molar-refractivity contribution is 4.60. The number of rotatable bonds is 7. The third-order valence-corrected chi connectivity index (χ3v) is 2.24. The first-order valence-corrected chi connectivity index (χ1v) is 5.26. The summed E-state index contributed by atoms with van der Waals surface area (Å²) in [5.74, 6) is 0. The Morgan fingerprint density at radius 1 is 1.25 bits per heavy atom. The Bertz CT molecular complexity index is 93.8. The van der Waals surface area contributed by atoms with E-state index in [1.807, 2.05) is 0 Å². The Morgan fingerprint density at radius 2 is 1.92 bits per heavy atom. The molecule has 0 rings (SSSR count). The normalized spacial score (nSPS) is 13.8. The van der Waals surface area contributed by atoms with Gasteiger partial charge in [0.15, 0.2) is 0 Å². The van der Waals surface area contributed by atoms with Crippen molar-refractivity contribution in [1.82, 2.24) is 10.4 Å². The maximum atomic E-state index is 3.40. The molecule has 2 nitrogen and oxygen atoms in total. The molecule has 1 atom stereocenters. The Morgan fingerprint density at radius 3 is 2.33 bits per heavy atom. The Hall–Kier alpha value is -0.0800. The SMILES string of the molecule is CCCCN(NCC)C(C)CC. The van der Waals surface area contributed by atoms with E-state index in [1.54, 1.807) is 0 Å². The van der Waals surface area contributed by atoms with Crippen molar-refractivity contribution in [3.8, 4) is 0 Å². The predicted octanol–water partition coefficient (Wildman–Crippen LogP) is 2.41.